The maximum absolute atomic E-state index is 6.06. The van der Waals surface area contributed by atoms with Crippen LogP contribution >= 0.6 is 24.0 Å². The molecule has 0 bridgehead atoms. The maximum atomic E-state index is 6.06. The number of aliphatic imine (C=N–C) groups is 1. The first-order chi connectivity index (χ1) is 12.9. The molecular formula is C22H32IN3O2. The molecule has 0 radical (unpaired) electrons. The van der Waals surface area contributed by atoms with Crippen LogP contribution in [0.5, 0.6) is 11.5 Å². The fraction of sp³-hybridized carbons (Fsp3) is 0.409. The minimum atomic E-state index is -0.0685. The minimum Gasteiger partial charge on any atom is -0.493 e. The number of benzene rings is 2. The standard InChI is InChI=1S/C22H31N3O2.HI/c1-16-8-6-7-9-18(16)22(2,3)15-25-21(23)24-13-12-17-10-11-19(26-4)20(14-17)27-5;/h6-11,14H,12-13,15H2,1-5H3,(H3,23,24,25);1H. The third-order valence-corrected chi connectivity index (χ3v) is 4.69. The van der Waals surface area contributed by atoms with Crippen LogP contribution in [0.3, 0.4) is 0 Å². The summed E-state index contributed by atoms with van der Waals surface area (Å²) in [5, 5.41) is 3.19. The molecule has 0 unspecified atom stereocenters. The van der Waals surface area contributed by atoms with E-state index in [0.29, 0.717) is 19.0 Å². The number of guanidine groups is 1. The van der Waals surface area contributed by atoms with Gasteiger partial charge in [-0.2, -0.15) is 0 Å². The zero-order valence-corrected chi connectivity index (χ0v) is 19.7. The van der Waals surface area contributed by atoms with Crippen LogP contribution in [0.25, 0.3) is 0 Å². The smallest absolute Gasteiger partial charge is 0.188 e. The predicted octanol–water partition coefficient (Wildman–Crippen LogP) is 4.05. The zero-order chi connectivity index (χ0) is 19.9. The molecule has 0 aromatic heterocycles. The highest BCUT2D eigenvalue weighted by atomic mass is 127. The Labute approximate surface area is 185 Å². The van der Waals surface area contributed by atoms with Crippen molar-refractivity contribution in [3.63, 3.8) is 0 Å². The molecule has 0 fully saturated rings. The van der Waals surface area contributed by atoms with Crippen molar-refractivity contribution in [3.05, 3.63) is 59.2 Å². The highest BCUT2D eigenvalue weighted by Crippen LogP contribution is 2.28. The summed E-state index contributed by atoms with van der Waals surface area (Å²) in [7, 11) is 3.27. The van der Waals surface area contributed by atoms with E-state index in [2.05, 4.69) is 55.3 Å². The van der Waals surface area contributed by atoms with Crippen LogP contribution in [0.4, 0.5) is 0 Å². The van der Waals surface area contributed by atoms with Gasteiger partial charge in [-0.05, 0) is 42.2 Å². The van der Waals surface area contributed by atoms with Crippen molar-refractivity contribution >= 4 is 29.9 Å². The van der Waals surface area contributed by atoms with Gasteiger partial charge in [-0.3, -0.25) is 4.99 Å². The third kappa shape index (κ3) is 6.58. The Morgan fingerprint density at radius 2 is 1.75 bits per heavy atom. The van der Waals surface area contributed by atoms with Crippen LogP contribution in [0.2, 0.25) is 0 Å². The number of hydrogen-bond acceptors (Lipinski definition) is 3. The molecule has 0 aliphatic rings. The van der Waals surface area contributed by atoms with E-state index in [1.54, 1.807) is 14.2 Å². The first-order valence-electron chi connectivity index (χ1n) is 9.18. The van der Waals surface area contributed by atoms with Crippen LogP contribution in [0.15, 0.2) is 47.5 Å². The van der Waals surface area contributed by atoms with Gasteiger partial charge < -0.3 is 20.5 Å². The highest BCUT2D eigenvalue weighted by Gasteiger charge is 2.21. The van der Waals surface area contributed by atoms with Crippen molar-refractivity contribution in [1.29, 1.82) is 0 Å². The Balaban J connectivity index is 0.00000392. The van der Waals surface area contributed by atoms with Gasteiger partial charge in [0.2, 0.25) is 0 Å². The van der Waals surface area contributed by atoms with Gasteiger partial charge in [0, 0.05) is 12.0 Å². The minimum absolute atomic E-state index is 0. The summed E-state index contributed by atoms with van der Waals surface area (Å²) in [4.78, 5) is 4.54. The molecule has 6 heteroatoms. The van der Waals surface area contributed by atoms with E-state index in [9.17, 15) is 0 Å². The molecule has 2 rings (SSSR count). The number of rotatable bonds is 8. The Kier molecular flexibility index (Phi) is 9.58. The summed E-state index contributed by atoms with van der Waals surface area (Å²) in [5.41, 5.74) is 9.71. The van der Waals surface area contributed by atoms with E-state index >= 15 is 0 Å². The van der Waals surface area contributed by atoms with Gasteiger partial charge in [-0.1, -0.05) is 44.2 Å². The number of aryl methyl sites for hydroxylation is 1. The zero-order valence-electron chi connectivity index (χ0n) is 17.4. The Hall–Kier alpha value is -1.96. The summed E-state index contributed by atoms with van der Waals surface area (Å²) < 4.78 is 10.6. The number of methoxy groups -OCH3 is 2. The monoisotopic (exact) mass is 497 g/mol. The molecule has 0 heterocycles. The second-order valence-corrected chi connectivity index (χ2v) is 7.27. The molecule has 5 nitrogen and oxygen atoms in total. The largest absolute Gasteiger partial charge is 0.493 e. The van der Waals surface area contributed by atoms with Crippen molar-refractivity contribution in [1.82, 2.24) is 5.32 Å². The van der Waals surface area contributed by atoms with Crippen LogP contribution in [0, 0.1) is 6.92 Å². The molecule has 28 heavy (non-hydrogen) atoms. The molecule has 0 atom stereocenters. The summed E-state index contributed by atoms with van der Waals surface area (Å²) in [5.74, 6) is 1.93. The average Bonchev–Trinajstić information content (AvgIpc) is 2.66. The molecule has 0 saturated carbocycles. The van der Waals surface area contributed by atoms with Gasteiger partial charge in [0.15, 0.2) is 17.5 Å². The fourth-order valence-electron chi connectivity index (χ4n) is 3.13. The van der Waals surface area contributed by atoms with Crippen LogP contribution in [-0.2, 0) is 11.8 Å². The number of hydrogen-bond donors (Lipinski definition) is 2. The number of halogens is 1. The van der Waals surface area contributed by atoms with Gasteiger partial charge >= 0.3 is 0 Å². The number of nitrogens with two attached hydrogens (primary N) is 1. The van der Waals surface area contributed by atoms with Crippen LogP contribution in [-0.4, -0.2) is 33.3 Å². The molecule has 0 spiro atoms. The number of ether oxygens (including phenoxy) is 2. The molecule has 0 saturated heterocycles. The highest BCUT2D eigenvalue weighted by molar-refractivity contribution is 14.0. The molecule has 2 aromatic rings. The van der Waals surface area contributed by atoms with Gasteiger partial charge in [-0.15, -0.1) is 24.0 Å². The average molecular weight is 497 g/mol. The van der Waals surface area contributed by atoms with Gasteiger partial charge in [-0.25, -0.2) is 0 Å². The van der Waals surface area contributed by atoms with E-state index in [4.69, 9.17) is 15.2 Å². The Morgan fingerprint density at radius 3 is 2.39 bits per heavy atom. The topological polar surface area (TPSA) is 68.9 Å². The molecular weight excluding hydrogens is 465 g/mol. The lowest BCUT2D eigenvalue weighted by Gasteiger charge is -2.25. The first kappa shape index (κ1) is 24.1. The summed E-state index contributed by atoms with van der Waals surface area (Å²) in [6.45, 7) is 7.85. The maximum Gasteiger partial charge on any atom is 0.188 e. The molecule has 2 aromatic carbocycles. The SMILES string of the molecule is COc1ccc(CCNC(N)=NCC(C)(C)c2ccccc2C)cc1OC.I. The lowest BCUT2D eigenvalue weighted by Crippen LogP contribution is -2.35. The second-order valence-electron chi connectivity index (χ2n) is 7.27. The molecule has 154 valence electrons. The normalized spacial score (nSPS) is 11.5. The van der Waals surface area contributed by atoms with Crippen molar-refractivity contribution in [2.75, 3.05) is 27.3 Å². The van der Waals surface area contributed by atoms with Crippen molar-refractivity contribution in [2.24, 2.45) is 10.7 Å². The molecule has 0 aliphatic carbocycles. The number of nitrogens with one attached hydrogen (secondary N) is 1. The first-order valence-corrected chi connectivity index (χ1v) is 9.18. The lowest BCUT2D eigenvalue weighted by molar-refractivity contribution is 0.354. The molecule has 0 aliphatic heterocycles. The van der Waals surface area contributed by atoms with Crippen molar-refractivity contribution in [3.8, 4) is 11.5 Å². The summed E-state index contributed by atoms with van der Waals surface area (Å²) in [6, 6.07) is 14.3. The summed E-state index contributed by atoms with van der Waals surface area (Å²) >= 11 is 0. The van der Waals surface area contributed by atoms with Crippen LogP contribution in [0.1, 0.15) is 30.5 Å². The Morgan fingerprint density at radius 1 is 1.07 bits per heavy atom. The quantitative estimate of drug-likeness (QED) is 0.328. The van der Waals surface area contributed by atoms with E-state index in [1.165, 1.54) is 11.1 Å². The Bertz CT molecular complexity index is 791. The van der Waals surface area contributed by atoms with E-state index in [0.717, 1.165) is 23.5 Å². The van der Waals surface area contributed by atoms with E-state index in [1.807, 2.05) is 18.2 Å². The fourth-order valence-corrected chi connectivity index (χ4v) is 3.13. The second kappa shape index (κ2) is 11.1. The van der Waals surface area contributed by atoms with E-state index in [-0.39, 0.29) is 29.4 Å². The van der Waals surface area contributed by atoms with Gasteiger partial charge in [0.05, 0.1) is 20.8 Å². The molecule has 0 amide bonds. The predicted molar refractivity (Wildman–Crippen MR) is 127 cm³/mol. The summed E-state index contributed by atoms with van der Waals surface area (Å²) in [6.07, 6.45) is 0.817. The van der Waals surface area contributed by atoms with Crippen molar-refractivity contribution < 1.29 is 9.47 Å². The third-order valence-electron chi connectivity index (χ3n) is 4.69. The lowest BCUT2D eigenvalue weighted by atomic mass is 9.82. The van der Waals surface area contributed by atoms with Crippen LogP contribution < -0.4 is 20.5 Å². The van der Waals surface area contributed by atoms with E-state index < -0.39 is 0 Å². The van der Waals surface area contributed by atoms with Gasteiger partial charge in [0.25, 0.3) is 0 Å². The number of nitrogens with zero attached hydrogens (tertiary/aromatic N) is 1. The molecule has 3 N–H and O–H groups in total. The van der Waals surface area contributed by atoms with Crippen molar-refractivity contribution in [2.45, 2.75) is 32.6 Å². The van der Waals surface area contributed by atoms with Gasteiger partial charge in [0.1, 0.15) is 0 Å².